The molecule has 1 atom stereocenters. The highest BCUT2D eigenvalue weighted by Crippen LogP contribution is 2.26. The molecule has 0 aliphatic carbocycles. The van der Waals surface area contributed by atoms with Crippen LogP contribution in [-0.2, 0) is 4.74 Å². The second kappa shape index (κ2) is 8.62. The number of anilines is 2. The molecule has 0 spiro atoms. The molecule has 0 saturated carbocycles. The molecule has 3 rings (SSSR count). The van der Waals surface area contributed by atoms with E-state index in [1.165, 1.54) is 45.3 Å². The number of rotatable bonds is 6. The molecule has 3 heterocycles. The Morgan fingerprint density at radius 2 is 2.04 bits per heavy atom. The minimum absolute atomic E-state index is 0.361. The minimum Gasteiger partial charge on any atom is -0.381 e. The first-order valence-corrected chi connectivity index (χ1v) is 9.38. The first-order valence-electron chi connectivity index (χ1n) is 9.38. The molecule has 2 aliphatic rings. The maximum absolute atomic E-state index is 5.93. The predicted molar refractivity (Wildman–Crippen MR) is 97.4 cm³/mol. The standard InChI is InChI=1S/C18H31N5O/c1-22(8-6-11-23-9-4-2-3-5-10-23)17-13-16(20-18(19)21-17)15-7-12-24-14-15/h13,15H,2-12,14H2,1H3,(H2,19,20,21). The molecule has 0 radical (unpaired) electrons. The summed E-state index contributed by atoms with van der Waals surface area (Å²) < 4.78 is 5.47. The SMILES string of the molecule is CN(CCCN1CCCCCC1)c1cc(C2CCOC2)nc(N)n1. The van der Waals surface area contributed by atoms with E-state index in [0.717, 1.165) is 44.1 Å². The highest BCUT2D eigenvalue weighted by atomic mass is 16.5. The van der Waals surface area contributed by atoms with Crippen LogP contribution in [0, 0.1) is 0 Å². The Labute approximate surface area is 145 Å². The molecule has 1 aromatic heterocycles. The molecule has 6 nitrogen and oxygen atoms in total. The van der Waals surface area contributed by atoms with Crippen LogP contribution in [-0.4, -0.2) is 61.3 Å². The van der Waals surface area contributed by atoms with E-state index in [1.54, 1.807) is 0 Å². The first-order chi connectivity index (χ1) is 11.7. The molecule has 2 N–H and O–H groups in total. The lowest BCUT2D eigenvalue weighted by Gasteiger charge is -2.23. The van der Waals surface area contributed by atoms with Gasteiger partial charge in [0.2, 0.25) is 5.95 Å². The van der Waals surface area contributed by atoms with Crippen LogP contribution in [0.1, 0.15) is 50.1 Å². The second-order valence-electron chi connectivity index (χ2n) is 7.10. The van der Waals surface area contributed by atoms with Gasteiger partial charge in [-0.3, -0.25) is 0 Å². The number of hydrogen-bond acceptors (Lipinski definition) is 6. The van der Waals surface area contributed by atoms with Gasteiger partial charge in [0.05, 0.1) is 12.3 Å². The number of likely N-dealkylation sites (tertiary alicyclic amines) is 1. The predicted octanol–water partition coefficient (Wildman–Crippen LogP) is 2.26. The Morgan fingerprint density at radius 1 is 1.25 bits per heavy atom. The first kappa shape index (κ1) is 17.4. The van der Waals surface area contributed by atoms with E-state index >= 15 is 0 Å². The number of ether oxygens (including phenoxy) is 1. The lowest BCUT2D eigenvalue weighted by Crippen LogP contribution is -2.29. The van der Waals surface area contributed by atoms with Crippen LogP contribution in [0.4, 0.5) is 11.8 Å². The molecule has 0 bridgehead atoms. The largest absolute Gasteiger partial charge is 0.381 e. The normalized spacial score (nSPS) is 22.5. The van der Waals surface area contributed by atoms with Crippen LogP contribution in [0.15, 0.2) is 6.07 Å². The number of nitrogens with zero attached hydrogens (tertiary/aromatic N) is 4. The highest BCUT2D eigenvalue weighted by Gasteiger charge is 2.21. The van der Waals surface area contributed by atoms with Crippen molar-refractivity contribution in [1.29, 1.82) is 0 Å². The van der Waals surface area contributed by atoms with Gasteiger partial charge in [0, 0.05) is 32.2 Å². The average Bonchev–Trinajstić information content (AvgIpc) is 2.99. The van der Waals surface area contributed by atoms with Crippen molar-refractivity contribution in [2.75, 3.05) is 57.1 Å². The third-order valence-electron chi connectivity index (χ3n) is 5.16. The Bertz CT molecular complexity index is 510. The van der Waals surface area contributed by atoms with Gasteiger partial charge in [-0.15, -0.1) is 0 Å². The van der Waals surface area contributed by atoms with Gasteiger partial charge in [0.1, 0.15) is 5.82 Å². The van der Waals surface area contributed by atoms with E-state index in [-0.39, 0.29) is 0 Å². The molecule has 2 aliphatic heterocycles. The van der Waals surface area contributed by atoms with Gasteiger partial charge in [-0.2, -0.15) is 4.98 Å². The van der Waals surface area contributed by atoms with Crippen LogP contribution in [0.2, 0.25) is 0 Å². The molecule has 0 amide bonds. The van der Waals surface area contributed by atoms with Crippen molar-refractivity contribution in [2.24, 2.45) is 0 Å². The molecule has 2 saturated heterocycles. The summed E-state index contributed by atoms with van der Waals surface area (Å²) in [6.45, 7) is 6.25. The summed E-state index contributed by atoms with van der Waals surface area (Å²) in [5, 5.41) is 0. The Balaban J connectivity index is 1.53. The molecule has 0 aromatic carbocycles. The average molecular weight is 333 g/mol. The molecule has 1 unspecified atom stereocenters. The van der Waals surface area contributed by atoms with Gasteiger partial charge >= 0.3 is 0 Å². The number of aromatic nitrogens is 2. The fraction of sp³-hybridized carbons (Fsp3) is 0.778. The molecular formula is C18H31N5O. The number of hydrogen-bond donors (Lipinski definition) is 1. The second-order valence-corrected chi connectivity index (χ2v) is 7.10. The van der Waals surface area contributed by atoms with Crippen molar-refractivity contribution in [3.8, 4) is 0 Å². The lowest BCUT2D eigenvalue weighted by molar-refractivity contribution is 0.193. The Morgan fingerprint density at radius 3 is 2.75 bits per heavy atom. The molecule has 6 heteroatoms. The summed E-state index contributed by atoms with van der Waals surface area (Å²) in [4.78, 5) is 13.6. The summed E-state index contributed by atoms with van der Waals surface area (Å²) in [5.41, 5.74) is 6.95. The summed E-state index contributed by atoms with van der Waals surface area (Å²) in [7, 11) is 2.10. The van der Waals surface area contributed by atoms with Crippen molar-refractivity contribution in [2.45, 2.75) is 44.4 Å². The zero-order valence-electron chi connectivity index (χ0n) is 14.9. The zero-order valence-corrected chi connectivity index (χ0v) is 14.9. The van der Waals surface area contributed by atoms with Crippen molar-refractivity contribution < 1.29 is 4.74 Å². The fourth-order valence-electron chi connectivity index (χ4n) is 3.65. The van der Waals surface area contributed by atoms with E-state index in [1.807, 2.05) is 0 Å². The zero-order chi connectivity index (χ0) is 16.8. The minimum atomic E-state index is 0.361. The summed E-state index contributed by atoms with van der Waals surface area (Å²) >= 11 is 0. The maximum Gasteiger partial charge on any atom is 0.222 e. The number of nitrogen functional groups attached to an aromatic ring is 1. The van der Waals surface area contributed by atoms with Crippen LogP contribution >= 0.6 is 0 Å². The van der Waals surface area contributed by atoms with E-state index in [2.05, 4.69) is 32.9 Å². The lowest BCUT2D eigenvalue weighted by atomic mass is 10.0. The van der Waals surface area contributed by atoms with Crippen molar-refractivity contribution in [3.63, 3.8) is 0 Å². The quantitative estimate of drug-likeness (QED) is 0.861. The third kappa shape index (κ3) is 4.80. The summed E-state index contributed by atoms with van der Waals surface area (Å²) in [6.07, 6.45) is 7.67. The Hall–Kier alpha value is -1.40. The van der Waals surface area contributed by atoms with Crippen LogP contribution < -0.4 is 10.6 Å². The van der Waals surface area contributed by atoms with Crippen molar-refractivity contribution >= 4 is 11.8 Å². The Kier molecular flexibility index (Phi) is 6.26. The van der Waals surface area contributed by atoms with Crippen molar-refractivity contribution in [3.05, 3.63) is 11.8 Å². The van der Waals surface area contributed by atoms with Gasteiger partial charge in [0.25, 0.3) is 0 Å². The van der Waals surface area contributed by atoms with Crippen LogP contribution in [0.25, 0.3) is 0 Å². The van der Waals surface area contributed by atoms with E-state index in [4.69, 9.17) is 10.5 Å². The van der Waals surface area contributed by atoms with Gasteiger partial charge < -0.3 is 20.3 Å². The molecule has 2 fully saturated rings. The molecular weight excluding hydrogens is 302 g/mol. The number of nitrogens with two attached hydrogens (primary N) is 1. The molecule has 134 valence electrons. The maximum atomic E-state index is 5.93. The summed E-state index contributed by atoms with van der Waals surface area (Å²) in [5.74, 6) is 1.66. The van der Waals surface area contributed by atoms with E-state index in [0.29, 0.717) is 11.9 Å². The topological polar surface area (TPSA) is 67.5 Å². The van der Waals surface area contributed by atoms with Crippen LogP contribution in [0.5, 0.6) is 0 Å². The van der Waals surface area contributed by atoms with Gasteiger partial charge in [-0.25, -0.2) is 4.98 Å². The highest BCUT2D eigenvalue weighted by molar-refractivity contribution is 5.43. The summed E-state index contributed by atoms with van der Waals surface area (Å²) in [6, 6.07) is 2.08. The molecule has 24 heavy (non-hydrogen) atoms. The van der Waals surface area contributed by atoms with E-state index < -0.39 is 0 Å². The molecule has 1 aromatic rings. The van der Waals surface area contributed by atoms with Crippen LogP contribution in [0.3, 0.4) is 0 Å². The monoisotopic (exact) mass is 333 g/mol. The van der Waals surface area contributed by atoms with Gasteiger partial charge in [0.15, 0.2) is 0 Å². The smallest absolute Gasteiger partial charge is 0.222 e. The fourth-order valence-corrected chi connectivity index (χ4v) is 3.65. The van der Waals surface area contributed by atoms with Crippen molar-refractivity contribution in [1.82, 2.24) is 14.9 Å². The van der Waals surface area contributed by atoms with E-state index in [9.17, 15) is 0 Å². The van der Waals surface area contributed by atoms with Gasteiger partial charge in [-0.1, -0.05) is 12.8 Å². The third-order valence-corrected chi connectivity index (χ3v) is 5.16. The van der Waals surface area contributed by atoms with Gasteiger partial charge in [-0.05, 0) is 45.3 Å².